The van der Waals surface area contributed by atoms with Crippen LogP contribution in [0.15, 0.2) is 65.2 Å². The number of fused-ring (bicyclic) bond motifs is 1. The highest BCUT2D eigenvalue weighted by atomic mass is 19.4. The molecule has 5 rings (SSSR count). The number of alkyl halides is 5. The molecule has 2 aromatic heterocycles. The molecule has 1 aliphatic rings. The standard InChI is InChI=1S/C30H24F6N4O3/c31-24-14-18(28(42)40-9-7-29(32,33)8-10-40)3-4-22(24)19-11-20-12-21(43-27(20)23(13-19)30(34,35)36)16-39-26(41)6-2-17-1-5-25(37)38-15-17/h1-6,11-15H,7-10,16H2,(H2,37,38)(H,39,41)/b6-2+. The zero-order valence-corrected chi connectivity index (χ0v) is 22.4. The van der Waals surface area contributed by atoms with Gasteiger partial charge in [0.15, 0.2) is 0 Å². The maximum absolute atomic E-state index is 15.2. The van der Waals surface area contributed by atoms with Gasteiger partial charge in [-0.15, -0.1) is 0 Å². The van der Waals surface area contributed by atoms with Crippen molar-refractivity contribution < 1.29 is 40.3 Å². The second-order valence-corrected chi connectivity index (χ2v) is 10.1. The molecule has 2 aromatic carbocycles. The van der Waals surface area contributed by atoms with E-state index in [4.69, 9.17) is 10.2 Å². The number of carbonyl (C=O) groups is 2. The first-order valence-electron chi connectivity index (χ1n) is 13.1. The summed E-state index contributed by atoms with van der Waals surface area (Å²) in [7, 11) is 0. The Hall–Kier alpha value is -4.81. The van der Waals surface area contributed by atoms with E-state index in [1.807, 2.05) is 0 Å². The Morgan fingerprint density at radius 3 is 2.47 bits per heavy atom. The van der Waals surface area contributed by atoms with Crippen molar-refractivity contribution in [3.63, 3.8) is 0 Å². The fourth-order valence-corrected chi connectivity index (χ4v) is 4.68. The Morgan fingerprint density at radius 2 is 1.81 bits per heavy atom. The molecule has 7 nitrogen and oxygen atoms in total. The number of furan rings is 1. The predicted molar refractivity (Wildman–Crippen MR) is 146 cm³/mol. The normalized spacial score (nSPS) is 15.3. The molecule has 0 saturated carbocycles. The Labute approximate surface area is 241 Å². The zero-order valence-electron chi connectivity index (χ0n) is 22.4. The number of hydrogen-bond donors (Lipinski definition) is 2. The highest BCUT2D eigenvalue weighted by Crippen LogP contribution is 2.40. The summed E-state index contributed by atoms with van der Waals surface area (Å²) < 4.78 is 89.5. The van der Waals surface area contributed by atoms with Gasteiger partial charge in [-0.3, -0.25) is 9.59 Å². The molecule has 0 unspecified atom stereocenters. The van der Waals surface area contributed by atoms with E-state index in [0.29, 0.717) is 11.4 Å². The minimum Gasteiger partial charge on any atom is -0.459 e. The van der Waals surface area contributed by atoms with E-state index in [1.54, 1.807) is 12.1 Å². The van der Waals surface area contributed by atoms with Crippen molar-refractivity contribution in [1.29, 1.82) is 0 Å². The molecule has 0 atom stereocenters. The number of anilines is 1. The van der Waals surface area contributed by atoms with Crippen molar-refractivity contribution in [2.45, 2.75) is 31.5 Å². The van der Waals surface area contributed by atoms with Crippen LogP contribution in [0.1, 0.15) is 40.1 Å². The van der Waals surface area contributed by atoms with Crippen LogP contribution in [-0.4, -0.2) is 40.7 Å². The number of likely N-dealkylation sites (tertiary alicyclic amines) is 1. The fourth-order valence-electron chi connectivity index (χ4n) is 4.68. The van der Waals surface area contributed by atoms with Crippen molar-refractivity contribution in [3.05, 3.63) is 89.1 Å². The topological polar surface area (TPSA) is 101 Å². The SMILES string of the molecule is Nc1ccc(/C=C/C(=O)NCc2cc3cc(-c4ccc(C(=O)N5CCC(F)(F)CC5)cc4F)cc(C(F)(F)F)c3o2)cn1. The Bertz CT molecular complexity index is 1700. The Morgan fingerprint density at radius 1 is 1.07 bits per heavy atom. The smallest absolute Gasteiger partial charge is 0.420 e. The highest BCUT2D eigenvalue weighted by Gasteiger charge is 2.37. The van der Waals surface area contributed by atoms with E-state index in [-0.39, 0.29) is 47.5 Å². The van der Waals surface area contributed by atoms with Crippen molar-refractivity contribution in [3.8, 4) is 11.1 Å². The molecule has 0 aliphatic carbocycles. The Kier molecular flexibility index (Phi) is 7.91. The van der Waals surface area contributed by atoms with Crippen molar-refractivity contribution in [1.82, 2.24) is 15.2 Å². The van der Waals surface area contributed by atoms with Gasteiger partial charge in [-0.1, -0.05) is 6.07 Å². The van der Waals surface area contributed by atoms with Gasteiger partial charge in [-0.25, -0.2) is 18.2 Å². The number of nitrogen functional groups attached to an aromatic ring is 1. The minimum absolute atomic E-state index is 0.0198. The lowest BCUT2D eigenvalue weighted by molar-refractivity contribution is -0.136. The molecule has 224 valence electrons. The second-order valence-electron chi connectivity index (χ2n) is 10.1. The first-order chi connectivity index (χ1) is 20.3. The second kappa shape index (κ2) is 11.5. The van der Waals surface area contributed by atoms with Crippen LogP contribution in [0.5, 0.6) is 0 Å². The summed E-state index contributed by atoms with van der Waals surface area (Å²) in [5.41, 5.74) is 4.06. The van der Waals surface area contributed by atoms with Gasteiger partial charge < -0.3 is 20.4 Å². The quantitative estimate of drug-likeness (QED) is 0.196. The number of halogens is 6. The van der Waals surface area contributed by atoms with Gasteiger partial charge in [-0.05, 0) is 59.7 Å². The van der Waals surface area contributed by atoms with Gasteiger partial charge >= 0.3 is 6.18 Å². The highest BCUT2D eigenvalue weighted by molar-refractivity contribution is 5.95. The first-order valence-corrected chi connectivity index (χ1v) is 13.1. The van der Waals surface area contributed by atoms with Gasteiger partial charge in [0.05, 0.1) is 12.1 Å². The number of pyridine rings is 1. The van der Waals surface area contributed by atoms with Crippen molar-refractivity contribution >= 4 is 34.7 Å². The molecule has 0 spiro atoms. The number of piperidine rings is 1. The molecule has 0 bridgehead atoms. The van der Waals surface area contributed by atoms with Crippen molar-refractivity contribution in [2.24, 2.45) is 0 Å². The van der Waals surface area contributed by atoms with Crippen LogP contribution in [0.25, 0.3) is 28.2 Å². The van der Waals surface area contributed by atoms with E-state index in [0.717, 1.165) is 12.1 Å². The number of nitrogens with one attached hydrogen (secondary N) is 1. The van der Waals surface area contributed by atoms with E-state index in [1.165, 1.54) is 47.5 Å². The average molecular weight is 603 g/mol. The molecule has 2 amide bonds. The summed E-state index contributed by atoms with van der Waals surface area (Å²) >= 11 is 0. The third-order valence-corrected chi connectivity index (χ3v) is 6.96. The molecule has 3 heterocycles. The van der Waals surface area contributed by atoms with Crippen LogP contribution >= 0.6 is 0 Å². The van der Waals surface area contributed by atoms with Crippen LogP contribution in [0.3, 0.4) is 0 Å². The number of hydrogen-bond acceptors (Lipinski definition) is 5. The Balaban J connectivity index is 1.36. The zero-order chi connectivity index (χ0) is 30.9. The van der Waals surface area contributed by atoms with Gasteiger partial charge in [0.1, 0.15) is 23.0 Å². The molecular weight excluding hydrogens is 578 g/mol. The number of nitrogens with zero attached hydrogens (tertiary/aromatic N) is 2. The number of amides is 2. The largest absolute Gasteiger partial charge is 0.459 e. The van der Waals surface area contributed by atoms with Gasteiger partial charge in [0.25, 0.3) is 11.8 Å². The summed E-state index contributed by atoms with van der Waals surface area (Å²) in [5.74, 6) is -4.67. The molecule has 1 aliphatic heterocycles. The number of benzene rings is 2. The summed E-state index contributed by atoms with van der Waals surface area (Å²) in [6, 6.07) is 9.86. The predicted octanol–water partition coefficient (Wildman–Crippen LogP) is 6.44. The fraction of sp³-hybridized carbons (Fsp3) is 0.233. The third-order valence-electron chi connectivity index (χ3n) is 6.96. The van der Waals surface area contributed by atoms with Crippen LogP contribution in [0, 0.1) is 5.82 Å². The lowest BCUT2D eigenvalue weighted by atomic mass is 9.98. The molecule has 3 N–H and O–H groups in total. The molecule has 13 heteroatoms. The molecule has 0 radical (unpaired) electrons. The van der Waals surface area contributed by atoms with Gasteiger partial charge in [0.2, 0.25) is 5.91 Å². The molecule has 1 fully saturated rings. The van der Waals surface area contributed by atoms with E-state index in [9.17, 15) is 31.5 Å². The molecule has 1 saturated heterocycles. The van der Waals surface area contributed by atoms with Crippen LogP contribution in [0.4, 0.5) is 32.2 Å². The monoisotopic (exact) mass is 602 g/mol. The maximum atomic E-state index is 15.2. The number of nitrogens with two attached hydrogens (primary N) is 1. The van der Waals surface area contributed by atoms with Gasteiger partial charge in [0, 0.05) is 54.7 Å². The van der Waals surface area contributed by atoms with E-state index < -0.39 is 53.7 Å². The number of aromatic nitrogens is 1. The maximum Gasteiger partial charge on any atom is 0.420 e. The average Bonchev–Trinajstić information content (AvgIpc) is 3.37. The lowest BCUT2D eigenvalue weighted by Gasteiger charge is -2.31. The third kappa shape index (κ3) is 6.82. The summed E-state index contributed by atoms with van der Waals surface area (Å²) in [6.45, 7) is -0.612. The van der Waals surface area contributed by atoms with E-state index in [2.05, 4.69) is 10.3 Å². The summed E-state index contributed by atoms with van der Waals surface area (Å²) in [6.07, 6.45) is -1.71. The molecule has 43 heavy (non-hydrogen) atoms. The van der Waals surface area contributed by atoms with Gasteiger partial charge in [-0.2, -0.15) is 13.2 Å². The van der Waals surface area contributed by atoms with Crippen LogP contribution in [-0.2, 0) is 17.5 Å². The summed E-state index contributed by atoms with van der Waals surface area (Å²) in [5, 5.41) is 2.54. The molecular formula is C30H24F6N4O3. The number of carbonyl (C=O) groups excluding carboxylic acids is 2. The lowest BCUT2D eigenvalue weighted by Crippen LogP contribution is -2.42. The minimum atomic E-state index is -4.86. The van der Waals surface area contributed by atoms with E-state index >= 15 is 4.39 Å². The van der Waals surface area contributed by atoms with Crippen molar-refractivity contribution in [2.75, 3.05) is 18.8 Å². The van der Waals surface area contributed by atoms with Crippen LogP contribution in [0.2, 0.25) is 0 Å². The summed E-state index contributed by atoms with van der Waals surface area (Å²) in [4.78, 5) is 30.0. The molecule has 4 aromatic rings. The number of rotatable bonds is 6. The van der Waals surface area contributed by atoms with Crippen LogP contribution < -0.4 is 11.1 Å². The first kappa shape index (κ1) is 29.7.